The van der Waals surface area contributed by atoms with E-state index in [9.17, 15) is 0 Å². The predicted molar refractivity (Wildman–Crippen MR) is 71.9 cm³/mol. The average Bonchev–Trinajstić information content (AvgIpc) is 2.38. The summed E-state index contributed by atoms with van der Waals surface area (Å²) in [5, 5.41) is 1.03. The van der Waals surface area contributed by atoms with Crippen LogP contribution in [-0.2, 0) is 0 Å². The van der Waals surface area contributed by atoms with Crippen molar-refractivity contribution in [1.82, 2.24) is 15.0 Å². The lowest BCUT2D eigenvalue weighted by atomic mass is 10.1. The van der Waals surface area contributed by atoms with E-state index in [0.717, 1.165) is 28.0 Å². The lowest BCUT2D eigenvalue weighted by molar-refractivity contribution is 1.11. The zero-order valence-corrected chi connectivity index (χ0v) is 9.96. The Bertz CT molecular complexity index is 722. The van der Waals surface area contributed by atoms with Gasteiger partial charge in [-0.25, -0.2) is 15.0 Å². The predicted octanol–water partition coefficient (Wildman–Crippen LogP) is 2.58. The molecule has 0 atom stereocenters. The molecule has 0 unspecified atom stereocenters. The number of nitrogens with zero attached hydrogens (tertiary/aromatic N) is 3. The SMILES string of the molecule is Cc1ccnc(-c2ccc3nc(N)ccc3c2)n1. The summed E-state index contributed by atoms with van der Waals surface area (Å²) in [6.45, 7) is 1.95. The lowest BCUT2D eigenvalue weighted by Crippen LogP contribution is -1.92. The summed E-state index contributed by atoms with van der Waals surface area (Å²) < 4.78 is 0. The van der Waals surface area contributed by atoms with Gasteiger partial charge in [0.15, 0.2) is 5.82 Å². The fraction of sp³-hybridized carbons (Fsp3) is 0.0714. The maximum atomic E-state index is 5.66. The van der Waals surface area contributed by atoms with E-state index in [-0.39, 0.29) is 0 Å². The number of hydrogen-bond acceptors (Lipinski definition) is 4. The second-order valence-corrected chi connectivity index (χ2v) is 4.17. The molecule has 0 aliphatic carbocycles. The van der Waals surface area contributed by atoms with Gasteiger partial charge >= 0.3 is 0 Å². The third-order valence-corrected chi connectivity index (χ3v) is 2.76. The van der Waals surface area contributed by atoms with Crippen LogP contribution in [0.2, 0.25) is 0 Å². The van der Waals surface area contributed by atoms with Crippen molar-refractivity contribution < 1.29 is 0 Å². The highest BCUT2D eigenvalue weighted by atomic mass is 14.9. The first-order chi connectivity index (χ1) is 8.72. The minimum Gasteiger partial charge on any atom is -0.384 e. The van der Waals surface area contributed by atoms with Crippen molar-refractivity contribution in [1.29, 1.82) is 0 Å². The van der Waals surface area contributed by atoms with Crippen molar-refractivity contribution in [2.45, 2.75) is 6.92 Å². The maximum absolute atomic E-state index is 5.66. The van der Waals surface area contributed by atoms with Gasteiger partial charge < -0.3 is 5.73 Å². The van der Waals surface area contributed by atoms with Crippen molar-refractivity contribution in [3.8, 4) is 11.4 Å². The second kappa shape index (κ2) is 4.07. The summed E-state index contributed by atoms with van der Waals surface area (Å²) in [5.74, 6) is 1.26. The highest BCUT2D eigenvalue weighted by Crippen LogP contribution is 2.21. The van der Waals surface area contributed by atoms with Crippen molar-refractivity contribution >= 4 is 16.7 Å². The Morgan fingerprint density at radius 2 is 1.89 bits per heavy atom. The Labute approximate surface area is 105 Å². The van der Waals surface area contributed by atoms with Gasteiger partial charge in [-0.3, -0.25) is 0 Å². The van der Waals surface area contributed by atoms with E-state index in [4.69, 9.17) is 5.73 Å². The highest BCUT2D eigenvalue weighted by Gasteiger charge is 2.03. The van der Waals surface area contributed by atoms with Gasteiger partial charge in [-0.2, -0.15) is 0 Å². The Morgan fingerprint density at radius 1 is 1.00 bits per heavy atom. The zero-order valence-electron chi connectivity index (χ0n) is 9.96. The van der Waals surface area contributed by atoms with E-state index in [2.05, 4.69) is 15.0 Å². The quantitative estimate of drug-likeness (QED) is 0.705. The fourth-order valence-corrected chi connectivity index (χ4v) is 1.87. The maximum Gasteiger partial charge on any atom is 0.159 e. The van der Waals surface area contributed by atoms with Gasteiger partial charge in [0, 0.05) is 22.8 Å². The molecule has 0 saturated carbocycles. The van der Waals surface area contributed by atoms with Crippen LogP contribution in [0, 0.1) is 6.92 Å². The van der Waals surface area contributed by atoms with E-state index < -0.39 is 0 Å². The second-order valence-electron chi connectivity index (χ2n) is 4.17. The molecule has 1 aromatic carbocycles. The number of pyridine rings is 1. The highest BCUT2D eigenvalue weighted by molar-refractivity contribution is 5.84. The van der Waals surface area contributed by atoms with Crippen molar-refractivity contribution in [3.05, 3.63) is 48.3 Å². The third kappa shape index (κ3) is 1.88. The smallest absolute Gasteiger partial charge is 0.159 e. The molecule has 0 bridgehead atoms. The molecule has 0 saturated heterocycles. The first kappa shape index (κ1) is 10.7. The van der Waals surface area contributed by atoms with Crippen LogP contribution in [0.15, 0.2) is 42.6 Å². The summed E-state index contributed by atoms with van der Waals surface area (Å²) >= 11 is 0. The normalized spacial score (nSPS) is 10.7. The molecule has 2 heterocycles. The Balaban J connectivity index is 2.16. The van der Waals surface area contributed by atoms with Crippen LogP contribution in [0.1, 0.15) is 5.69 Å². The molecule has 0 fully saturated rings. The zero-order chi connectivity index (χ0) is 12.5. The lowest BCUT2D eigenvalue weighted by Gasteiger charge is -2.03. The summed E-state index contributed by atoms with van der Waals surface area (Å²) in [5.41, 5.74) is 8.48. The Hall–Kier alpha value is -2.49. The molecule has 0 amide bonds. The standard InChI is InChI=1S/C14H12N4/c1-9-6-7-16-14(17-9)11-2-4-12-10(8-11)3-5-13(15)18-12/h2-8H,1H3,(H2,15,18). The number of nitrogen functional groups attached to an aromatic ring is 1. The monoisotopic (exact) mass is 236 g/mol. The number of nitrogens with two attached hydrogens (primary N) is 1. The number of aryl methyl sites for hydroxylation is 1. The molecule has 0 aliphatic rings. The Kier molecular flexibility index (Phi) is 2.41. The summed E-state index contributed by atoms with van der Waals surface area (Å²) in [7, 11) is 0. The number of hydrogen-bond donors (Lipinski definition) is 1. The molecule has 88 valence electrons. The van der Waals surface area contributed by atoms with Gasteiger partial charge in [0.2, 0.25) is 0 Å². The topological polar surface area (TPSA) is 64.7 Å². The molecule has 2 aromatic heterocycles. The number of fused-ring (bicyclic) bond motifs is 1. The number of anilines is 1. The molecule has 2 N–H and O–H groups in total. The van der Waals surface area contributed by atoms with Crippen molar-refractivity contribution in [2.24, 2.45) is 0 Å². The van der Waals surface area contributed by atoms with Crippen LogP contribution in [0.25, 0.3) is 22.3 Å². The van der Waals surface area contributed by atoms with Crippen LogP contribution >= 0.6 is 0 Å². The van der Waals surface area contributed by atoms with Gasteiger partial charge in [0.25, 0.3) is 0 Å². The van der Waals surface area contributed by atoms with E-state index in [1.807, 2.05) is 37.3 Å². The first-order valence-electron chi connectivity index (χ1n) is 5.69. The van der Waals surface area contributed by atoms with Crippen molar-refractivity contribution in [2.75, 3.05) is 5.73 Å². The Morgan fingerprint density at radius 3 is 2.72 bits per heavy atom. The third-order valence-electron chi connectivity index (χ3n) is 2.76. The molecule has 4 nitrogen and oxygen atoms in total. The fourth-order valence-electron chi connectivity index (χ4n) is 1.87. The molecule has 3 aromatic rings. The van der Waals surface area contributed by atoms with E-state index in [0.29, 0.717) is 5.82 Å². The molecule has 0 aliphatic heterocycles. The number of aromatic nitrogens is 3. The molecular formula is C14H12N4. The van der Waals surface area contributed by atoms with E-state index in [1.54, 1.807) is 12.3 Å². The average molecular weight is 236 g/mol. The molecular weight excluding hydrogens is 224 g/mol. The van der Waals surface area contributed by atoms with Crippen LogP contribution in [0.4, 0.5) is 5.82 Å². The molecule has 4 heteroatoms. The van der Waals surface area contributed by atoms with Crippen LogP contribution in [0.3, 0.4) is 0 Å². The summed E-state index contributed by atoms with van der Waals surface area (Å²) in [4.78, 5) is 13.0. The summed E-state index contributed by atoms with van der Waals surface area (Å²) in [6, 6.07) is 11.6. The number of benzene rings is 1. The van der Waals surface area contributed by atoms with Crippen LogP contribution in [0.5, 0.6) is 0 Å². The largest absolute Gasteiger partial charge is 0.384 e. The van der Waals surface area contributed by atoms with E-state index in [1.165, 1.54) is 0 Å². The number of rotatable bonds is 1. The summed E-state index contributed by atoms with van der Waals surface area (Å²) in [6.07, 6.45) is 1.77. The van der Waals surface area contributed by atoms with E-state index >= 15 is 0 Å². The van der Waals surface area contributed by atoms with Crippen LogP contribution < -0.4 is 5.73 Å². The van der Waals surface area contributed by atoms with Crippen LogP contribution in [-0.4, -0.2) is 15.0 Å². The molecule has 3 rings (SSSR count). The van der Waals surface area contributed by atoms with Gasteiger partial charge in [0.1, 0.15) is 5.82 Å². The first-order valence-corrected chi connectivity index (χ1v) is 5.69. The van der Waals surface area contributed by atoms with Gasteiger partial charge in [-0.05, 0) is 43.3 Å². The van der Waals surface area contributed by atoms with Gasteiger partial charge in [-0.15, -0.1) is 0 Å². The molecule has 18 heavy (non-hydrogen) atoms. The minimum atomic E-state index is 0.530. The minimum absolute atomic E-state index is 0.530. The molecule has 0 spiro atoms. The van der Waals surface area contributed by atoms with Crippen molar-refractivity contribution in [3.63, 3.8) is 0 Å². The van der Waals surface area contributed by atoms with Gasteiger partial charge in [-0.1, -0.05) is 0 Å². The van der Waals surface area contributed by atoms with Gasteiger partial charge in [0.05, 0.1) is 5.52 Å². The molecule has 0 radical (unpaired) electrons.